The zero-order valence-electron chi connectivity index (χ0n) is 17.0. The number of anilines is 1. The largest absolute Gasteiger partial charge is 0.339 e. The van der Waals surface area contributed by atoms with Crippen LogP contribution in [0.15, 0.2) is 58.2 Å². The van der Waals surface area contributed by atoms with Gasteiger partial charge in [-0.1, -0.05) is 32.0 Å². The highest BCUT2D eigenvalue weighted by atomic mass is 32.2. The molecule has 0 atom stereocenters. The van der Waals surface area contributed by atoms with Crippen molar-refractivity contribution < 1.29 is 9.32 Å². The van der Waals surface area contributed by atoms with E-state index in [4.69, 9.17) is 4.52 Å². The Bertz CT molecular complexity index is 918. The van der Waals surface area contributed by atoms with E-state index in [1.54, 1.807) is 18.0 Å². The van der Waals surface area contributed by atoms with Crippen molar-refractivity contribution in [3.63, 3.8) is 0 Å². The lowest BCUT2D eigenvalue weighted by molar-refractivity contribution is -0.116. The van der Waals surface area contributed by atoms with Gasteiger partial charge in [-0.2, -0.15) is 4.98 Å². The molecule has 0 saturated carbocycles. The number of thioether (sulfide) groups is 1. The summed E-state index contributed by atoms with van der Waals surface area (Å²) < 4.78 is 5.26. The molecule has 6 nitrogen and oxygen atoms in total. The van der Waals surface area contributed by atoms with E-state index in [0.717, 1.165) is 16.3 Å². The zero-order valence-corrected chi connectivity index (χ0v) is 17.8. The number of aryl methyl sites for hydroxylation is 1. The molecule has 1 aromatic carbocycles. The topological polar surface area (TPSA) is 80.9 Å². The highest BCUT2D eigenvalue weighted by molar-refractivity contribution is 7.98. The Labute approximate surface area is 175 Å². The third-order valence-corrected chi connectivity index (χ3v) is 5.28. The van der Waals surface area contributed by atoms with Gasteiger partial charge in [0.15, 0.2) is 5.82 Å². The number of pyridine rings is 1. The molecule has 29 heavy (non-hydrogen) atoms. The predicted octanol–water partition coefficient (Wildman–Crippen LogP) is 5.02. The van der Waals surface area contributed by atoms with E-state index in [2.05, 4.69) is 26.5 Å². The van der Waals surface area contributed by atoms with Crippen LogP contribution in [-0.2, 0) is 22.4 Å². The van der Waals surface area contributed by atoms with Gasteiger partial charge < -0.3 is 9.84 Å². The fourth-order valence-electron chi connectivity index (χ4n) is 2.57. The molecule has 0 radical (unpaired) electrons. The Morgan fingerprint density at radius 1 is 1.17 bits per heavy atom. The molecule has 1 N–H and O–H groups in total. The lowest BCUT2D eigenvalue weighted by Crippen LogP contribution is -2.13. The first-order chi connectivity index (χ1) is 13.9. The Kier molecular flexibility index (Phi) is 7.04. The number of rotatable bonds is 8. The van der Waals surface area contributed by atoms with Crippen molar-refractivity contribution in [3.8, 4) is 0 Å². The van der Waals surface area contributed by atoms with E-state index in [0.29, 0.717) is 31.0 Å². The second-order valence-electron chi connectivity index (χ2n) is 7.84. The van der Waals surface area contributed by atoms with Gasteiger partial charge in [-0.05, 0) is 42.3 Å². The minimum atomic E-state index is -0.137. The SMILES string of the molecule is CC(C)(C)c1noc(CCCC(=O)Nc2ccc(SCc3cccnc3)cc2)n1. The van der Waals surface area contributed by atoms with Crippen molar-refractivity contribution in [2.45, 2.75) is 56.1 Å². The van der Waals surface area contributed by atoms with Crippen molar-refractivity contribution in [2.75, 3.05) is 5.32 Å². The van der Waals surface area contributed by atoms with Gasteiger partial charge >= 0.3 is 0 Å². The predicted molar refractivity (Wildman–Crippen MR) is 115 cm³/mol. The van der Waals surface area contributed by atoms with Crippen LogP contribution in [0.3, 0.4) is 0 Å². The van der Waals surface area contributed by atoms with E-state index in [1.807, 2.05) is 57.3 Å². The molecule has 0 spiro atoms. The standard InChI is InChI=1S/C22H26N4O2S/c1-22(2,3)21-25-20(28-26-21)8-4-7-19(27)24-17-9-11-18(12-10-17)29-15-16-6-5-13-23-14-16/h5-6,9-14H,4,7-8,15H2,1-3H3,(H,24,27). The van der Waals surface area contributed by atoms with Crippen LogP contribution in [0.25, 0.3) is 0 Å². The number of benzene rings is 1. The molecular formula is C22H26N4O2S. The van der Waals surface area contributed by atoms with Crippen molar-refractivity contribution >= 4 is 23.4 Å². The number of nitrogens with one attached hydrogen (secondary N) is 1. The molecule has 7 heteroatoms. The van der Waals surface area contributed by atoms with Gasteiger partial charge in [0.1, 0.15) is 0 Å². The highest BCUT2D eigenvalue weighted by Gasteiger charge is 2.20. The van der Waals surface area contributed by atoms with Crippen LogP contribution < -0.4 is 5.32 Å². The molecule has 2 heterocycles. The van der Waals surface area contributed by atoms with Gasteiger partial charge in [0, 0.05) is 47.0 Å². The summed E-state index contributed by atoms with van der Waals surface area (Å²) in [4.78, 5) is 21.8. The van der Waals surface area contributed by atoms with E-state index >= 15 is 0 Å². The minimum absolute atomic E-state index is 0.0173. The molecule has 1 amide bonds. The molecule has 2 aromatic heterocycles. The number of amides is 1. The van der Waals surface area contributed by atoms with Crippen LogP contribution in [0.4, 0.5) is 5.69 Å². The van der Waals surface area contributed by atoms with Crippen molar-refractivity contribution in [1.82, 2.24) is 15.1 Å². The monoisotopic (exact) mass is 410 g/mol. The summed E-state index contributed by atoms with van der Waals surface area (Å²) in [5, 5.41) is 6.94. The van der Waals surface area contributed by atoms with Crippen LogP contribution in [0.2, 0.25) is 0 Å². The summed E-state index contributed by atoms with van der Waals surface area (Å²) in [6.07, 6.45) is 5.32. The van der Waals surface area contributed by atoms with Crippen LogP contribution in [0.1, 0.15) is 50.9 Å². The second kappa shape index (κ2) is 9.69. The molecule has 0 aliphatic carbocycles. The normalized spacial score (nSPS) is 11.4. The third-order valence-electron chi connectivity index (χ3n) is 4.20. The average Bonchev–Trinajstić information content (AvgIpc) is 3.18. The Hall–Kier alpha value is -2.67. The lowest BCUT2D eigenvalue weighted by Gasteiger charge is -2.10. The molecule has 0 bridgehead atoms. The Balaban J connectivity index is 1.40. The van der Waals surface area contributed by atoms with E-state index < -0.39 is 0 Å². The maximum absolute atomic E-state index is 12.2. The fourth-order valence-corrected chi connectivity index (χ4v) is 3.40. The van der Waals surface area contributed by atoms with Gasteiger partial charge in [0.05, 0.1) is 0 Å². The number of hydrogen-bond donors (Lipinski definition) is 1. The van der Waals surface area contributed by atoms with E-state index in [9.17, 15) is 4.79 Å². The summed E-state index contributed by atoms with van der Waals surface area (Å²) in [5.74, 6) is 2.12. The van der Waals surface area contributed by atoms with Gasteiger partial charge in [0.2, 0.25) is 11.8 Å². The summed E-state index contributed by atoms with van der Waals surface area (Å²) in [6, 6.07) is 11.9. The highest BCUT2D eigenvalue weighted by Crippen LogP contribution is 2.24. The Morgan fingerprint density at radius 3 is 2.62 bits per heavy atom. The number of carbonyl (C=O) groups is 1. The average molecular weight is 411 g/mol. The smallest absolute Gasteiger partial charge is 0.226 e. The first kappa shape index (κ1) is 21.0. The van der Waals surface area contributed by atoms with Gasteiger partial charge in [-0.15, -0.1) is 11.8 Å². The first-order valence-corrected chi connectivity index (χ1v) is 10.6. The molecule has 3 rings (SSSR count). The Morgan fingerprint density at radius 2 is 1.97 bits per heavy atom. The second-order valence-corrected chi connectivity index (χ2v) is 8.89. The minimum Gasteiger partial charge on any atom is -0.339 e. The number of aromatic nitrogens is 3. The number of carbonyl (C=O) groups excluding carboxylic acids is 1. The molecule has 152 valence electrons. The molecule has 0 aliphatic heterocycles. The summed E-state index contributed by atoms with van der Waals surface area (Å²) in [6.45, 7) is 6.12. The number of hydrogen-bond acceptors (Lipinski definition) is 6. The van der Waals surface area contributed by atoms with E-state index in [-0.39, 0.29) is 11.3 Å². The maximum atomic E-state index is 12.2. The van der Waals surface area contributed by atoms with Crippen LogP contribution in [-0.4, -0.2) is 21.0 Å². The van der Waals surface area contributed by atoms with Crippen molar-refractivity contribution in [2.24, 2.45) is 0 Å². The molecular weight excluding hydrogens is 384 g/mol. The van der Waals surface area contributed by atoms with Gasteiger partial charge in [-0.25, -0.2) is 0 Å². The molecule has 0 aliphatic rings. The van der Waals surface area contributed by atoms with E-state index in [1.165, 1.54) is 5.56 Å². The third kappa shape index (κ3) is 6.71. The van der Waals surface area contributed by atoms with Crippen molar-refractivity contribution in [3.05, 3.63) is 66.1 Å². The maximum Gasteiger partial charge on any atom is 0.226 e. The molecule has 3 aromatic rings. The number of nitrogens with zero attached hydrogens (tertiary/aromatic N) is 3. The fraction of sp³-hybridized carbons (Fsp3) is 0.364. The molecule has 0 saturated heterocycles. The zero-order chi connectivity index (χ0) is 20.7. The van der Waals surface area contributed by atoms with Crippen LogP contribution in [0, 0.1) is 0 Å². The van der Waals surface area contributed by atoms with Crippen molar-refractivity contribution in [1.29, 1.82) is 0 Å². The molecule has 0 unspecified atom stereocenters. The lowest BCUT2D eigenvalue weighted by atomic mass is 9.96. The molecule has 0 fully saturated rings. The summed E-state index contributed by atoms with van der Waals surface area (Å²) in [5.41, 5.74) is 1.85. The van der Waals surface area contributed by atoms with Crippen LogP contribution >= 0.6 is 11.8 Å². The summed E-state index contributed by atoms with van der Waals surface area (Å²) >= 11 is 1.74. The quantitative estimate of drug-likeness (QED) is 0.525. The van der Waals surface area contributed by atoms with Gasteiger partial charge in [-0.3, -0.25) is 9.78 Å². The first-order valence-electron chi connectivity index (χ1n) is 9.65. The van der Waals surface area contributed by atoms with Gasteiger partial charge in [0.25, 0.3) is 0 Å². The summed E-state index contributed by atoms with van der Waals surface area (Å²) in [7, 11) is 0. The van der Waals surface area contributed by atoms with Crippen LogP contribution in [0.5, 0.6) is 0 Å².